The van der Waals surface area contributed by atoms with E-state index in [1.54, 1.807) is 6.26 Å². The average Bonchev–Trinajstić information content (AvgIpc) is 2.92. The quantitative estimate of drug-likeness (QED) is 0.605. The van der Waals surface area contributed by atoms with E-state index in [1.807, 2.05) is 24.3 Å². The third kappa shape index (κ3) is 2.88. The Labute approximate surface area is 152 Å². The first-order valence-corrected chi connectivity index (χ1v) is 10.1. The lowest BCUT2D eigenvalue weighted by Gasteiger charge is -2.36. The lowest BCUT2D eigenvalue weighted by Crippen LogP contribution is -2.51. The highest BCUT2D eigenvalue weighted by molar-refractivity contribution is 8.19. The molecule has 0 aliphatic carbocycles. The molecule has 1 heterocycles. The molecule has 1 aliphatic rings. The van der Waals surface area contributed by atoms with Crippen LogP contribution in [0.5, 0.6) is 0 Å². The first-order valence-electron chi connectivity index (χ1n) is 7.87. The number of ketones is 1. The lowest BCUT2D eigenvalue weighted by molar-refractivity contribution is -0.120. The van der Waals surface area contributed by atoms with Crippen LogP contribution in [0.25, 0.3) is 0 Å². The number of carbonyl (C=O) groups is 1. The van der Waals surface area contributed by atoms with Gasteiger partial charge in [0.15, 0.2) is 15.3 Å². The van der Waals surface area contributed by atoms with Crippen LogP contribution in [0.1, 0.15) is 45.4 Å². The van der Waals surface area contributed by atoms with Gasteiger partial charge in [-0.3, -0.25) is 4.79 Å². The molecule has 126 valence electrons. The van der Waals surface area contributed by atoms with Crippen LogP contribution in [0.3, 0.4) is 0 Å². The smallest absolute Gasteiger partial charge is 0.206 e. The summed E-state index contributed by atoms with van der Waals surface area (Å²) >= 11 is 2.21. The minimum Gasteiger partial charge on any atom is -0.297 e. The van der Waals surface area contributed by atoms with Crippen molar-refractivity contribution in [3.63, 3.8) is 0 Å². The second kappa shape index (κ2) is 8.43. The van der Waals surface area contributed by atoms with Crippen LogP contribution < -0.4 is 0 Å². The van der Waals surface area contributed by atoms with Crippen molar-refractivity contribution in [1.82, 2.24) is 0 Å². The third-order valence-electron chi connectivity index (χ3n) is 4.50. The Hall–Kier alpha value is -1.67. The SMILES string of the molecule is CCCCCCCC(=O)C1(SC)SCC(C#N)(C#N)C1(C#N)C#N. The van der Waals surface area contributed by atoms with Crippen LogP contribution >= 0.6 is 23.5 Å². The maximum Gasteiger partial charge on any atom is 0.206 e. The summed E-state index contributed by atoms with van der Waals surface area (Å²) in [7, 11) is 0. The summed E-state index contributed by atoms with van der Waals surface area (Å²) in [4.78, 5) is 12.9. The zero-order chi connectivity index (χ0) is 18.3. The molecule has 1 saturated heterocycles. The second-order valence-corrected chi connectivity index (χ2v) is 8.27. The van der Waals surface area contributed by atoms with Crippen LogP contribution in [0.2, 0.25) is 0 Å². The molecule has 0 aromatic heterocycles. The van der Waals surface area contributed by atoms with Crippen molar-refractivity contribution in [2.24, 2.45) is 10.8 Å². The van der Waals surface area contributed by atoms with Gasteiger partial charge in [-0.25, -0.2) is 0 Å². The number of nitrogens with zero attached hydrogens (tertiary/aromatic N) is 4. The van der Waals surface area contributed by atoms with Gasteiger partial charge in [0, 0.05) is 12.2 Å². The Morgan fingerprint density at radius 3 is 2.08 bits per heavy atom. The predicted molar refractivity (Wildman–Crippen MR) is 94.4 cm³/mol. The Morgan fingerprint density at radius 2 is 1.62 bits per heavy atom. The van der Waals surface area contributed by atoms with Gasteiger partial charge in [-0.2, -0.15) is 21.0 Å². The van der Waals surface area contributed by atoms with Gasteiger partial charge in [-0.15, -0.1) is 23.5 Å². The number of hydrogen-bond donors (Lipinski definition) is 0. The number of unbranched alkanes of at least 4 members (excludes halogenated alkanes) is 4. The lowest BCUT2D eigenvalue weighted by atomic mass is 9.64. The molecule has 0 saturated carbocycles. The maximum atomic E-state index is 12.9. The van der Waals surface area contributed by atoms with Gasteiger partial charge in [0.25, 0.3) is 0 Å². The number of carbonyl (C=O) groups excluding carboxylic acids is 1. The zero-order valence-electron chi connectivity index (χ0n) is 14.0. The summed E-state index contributed by atoms with van der Waals surface area (Å²) in [5.41, 5.74) is -3.75. The number of nitriles is 4. The summed E-state index contributed by atoms with van der Waals surface area (Å²) in [5, 5.41) is 38.4. The second-order valence-electron chi connectivity index (χ2n) is 5.80. The highest BCUT2D eigenvalue weighted by Crippen LogP contribution is 2.65. The Bertz CT molecular complexity index is 621. The molecule has 5 nitrogen and oxygen atoms in total. The van der Waals surface area contributed by atoms with E-state index < -0.39 is 14.9 Å². The van der Waals surface area contributed by atoms with E-state index >= 15 is 0 Å². The van der Waals surface area contributed by atoms with Gasteiger partial charge >= 0.3 is 0 Å². The van der Waals surface area contributed by atoms with Crippen LogP contribution in [-0.2, 0) is 4.79 Å². The van der Waals surface area contributed by atoms with Crippen molar-refractivity contribution in [3.8, 4) is 24.3 Å². The Kier molecular flexibility index (Phi) is 7.16. The monoisotopic (exact) mass is 360 g/mol. The van der Waals surface area contributed by atoms with Gasteiger partial charge in [0.1, 0.15) is 0 Å². The highest BCUT2D eigenvalue weighted by Gasteiger charge is 2.74. The van der Waals surface area contributed by atoms with Crippen LogP contribution in [0.15, 0.2) is 0 Å². The van der Waals surface area contributed by atoms with Gasteiger partial charge in [0.05, 0.1) is 24.3 Å². The van der Waals surface area contributed by atoms with E-state index in [9.17, 15) is 25.8 Å². The fourth-order valence-electron chi connectivity index (χ4n) is 3.00. The fraction of sp³-hybridized carbons (Fsp3) is 0.706. The molecular weight excluding hydrogens is 340 g/mol. The molecule has 0 spiro atoms. The van der Waals surface area contributed by atoms with Crippen LogP contribution in [-0.4, -0.2) is 21.9 Å². The third-order valence-corrected chi connectivity index (χ3v) is 7.98. The molecule has 0 N–H and O–H groups in total. The van der Waals surface area contributed by atoms with Crippen LogP contribution in [0, 0.1) is 56.2 Å². The van der Waals surface area contributed by atoms with Crippen molar-refractivity contribution < 1.29 is 4.79 Å². The van der Waals surface area contributed by atoms with Crippen molar-refractivity contribution in [3.05, 3.63) is 0 Å². The number of Topliss-reactive ketones (excluding diaryl/α,β-unsaturated/α-hetero) is 1. The first kappa shape index (κ1) is 20.4. The summed E-state index contributed by atoms with van der Waals surface area (Å²) in [6.07, 6.45) is 6.81. The molecule has 0 radical (unpaired) electrons. The number of thioether (sulfide) groups is 2. The molecular formula is C17H20N4OS2. The van der Waals surface area contributed by atoms with E-state index in [-0.39, 0.29) is 18.0 Å². The maximum absolute atomic E-state index is 12.9. The van der Waals surface area contributed by atoms with Gasteiger partial charge in [-0.1, -0.05) is 32.6 Å². The molecule has 1 atom stereocenters. The molecule has 0 aromatic rings. The predicted octanol–water partition coefficient (Wildman–Crippen LogP) is 3.79. The van der Waals surface area contributed by atoms with Crippen molar-refractivity contribution in [1.29, 1.82) is 21.0 Å². The van der Waals surface area contributed by atoms with Crippen molar-refractivity contribution >= 4 is 29.3 Å². The summed E-state index contributed by atoms with van der Waals surface area (Å²) in [6, 6.07) is 7.48. The largest absolute Gasteiger partial charge is 0.297 e. The van der Waals surface area contributed by atoms with E-state index in [1.165, 1.54) is 0 Å². The van der Waals surface area contributed by atoms with Crippen molar-refractivity contribution in [2.45, 2.75) is 49.5 Å². The summed E-state index contributed by atoms with van der Waals surface area (Å²) < 4.78 is -1.38. The van der Waals surface area contributed by atoms with E-state index in [0.29, 0.717) is 6.42 Å². The molecule has 7 heteroatoms. The summed E-state index contributed by atoms with van der Waals surface area (Å²) in [6.45, 7) is 2.11. The first-order chi connectivity index (χ1) is 11.5. The number of hydrogen-bond acceptors (Lipinski definition) is 7. The van der Waals surface area contributed by atoms with Gasteiger partial charge in [-0.05, 0) is 12.7 Å². The topological polar surface area (TPSA) is 112 Å². The van der Waals surface area contributed by atoms with Gasteiger partial charge in [0.2, 0.25) is 5.41 Å². The van der Waals surface area contributed by atoms with E-state index in [0.717, 1.165) is 49.2 Å². The molecule has 0 amide bonds. The minimum absolute atomic E-state index is 0.0104. The standard InChI is InChI=1S/C17H20N4OS2/c1-3-4-5-6-7-8-14(22)17(23-2)16(11-20,12-21)15(9-18,10-19)13-24-17/h3-8,13H2,1-2H3. The Balaban J connectivity index is 3.15. The highest BCUT2D eigenvalue weighted by atomic mass is 32.2. The molecule has 1 aliphatic heterocycles. The molecule has 1 fully saturated rings. The van der Waals surface area contributed by atoms with E-state index in [4.69, 9.17) is 0 Å². The van der Waals surface area contributed by atoms with Crippen LogP contribution in [0.4, 0.5) is 0 Å². The fourth-order valence-corrected chi connectivity index (χ4v) is 6.06. The van der Waals surface area contributed by atoms with Gasteiger partial charge < -0.3 is 0 Å². The molecule has 0 bridgehead atoms. The molecule has 1 rings (SSSR count). The summed E-state index contributed by atoms with van der Waals surface area (Å²) in [5.74, 6) is -0.226. The van der Waals surface area contributed by atoms with Crippen molar-refractivity contribution in [2.75, 3.05) is 12.0 Å². The normalized spacial score (nSPS) is 23.4. The average molecular weight is 361 g/mol. The van der Waals surface area contributed by atoms with E-state index in [2.05, 4.69) is 6.92 Å². The molecule has 24 heavy (non-hydrogen) atoms. The zero-order valence-corrected chi connectivity index (χ0v) is 15.6. The molecule has 0 aromatic carbocycles. The number of rotatable bonds is 8. The molecule has 1 unspecified atom stereocenters. The minimum atomic E-state index is -1.96. The Morgan fingerprint density at radius 1 is 1.04 bits per heavy atom.